The quantitative estimate of drug-likeness (QED) is 0.757. The fourth-order valence-electron chi connectivity index (χ4n) is 2.74. The maximum Gasteiger partial charge on any atom is 0.185 e. The SMILES string of the molecule is O=C(CC(=O)C1CCCCC1)CS(=O)(=O)c1ccccc1. The second kappa shape index (κ2) is 6.98. The van der Waals surface area contributed by atoms with Crippen LogP contribution >= 0.6 is 0 Å². The summed E-state index contributed by atoms with van der Waals surface area (Å²) in [7, 11) is -3.64. The first-order valence-electron chi connectivity index (χ1n) is 7.31. The monoisotopic (exact) mass is 308 g/mol. The van der Waals surface area contributed by atoms with E-state index in [9.17, 15) is 18.0 Å². The van der Waals surface area contributed by atoms with Gasteiger partial charge in [-0.05, 0) is 25.0 Å². The lowest BCUT2D eigenvalue weighted by Crippen LogP contribution is -2.24. The van der Waals surface area contributed by atoms with Gasteiger partial charge in [0, 0.05) is 5.92 Å². The van der Waals surface area contributed by atoms with Gasteiger partial charge in [-0.25, -0.2) is 8.42 Å². The number of hydrogen-bond acceptors (Lipinski definition) is 4. The maximum atomic E-state index is 12.1. The molecule has 2 rings (SSSR count). The van der Waals surface area contributed by atoms with E-state index in [0.717, 1.165) is 32.1 Å². The molecule has 0 bridgehead atoms. The van der Waals surface area contributed by atoms with Crippen LogP contribution in [0.1, 0.15) is 38.5 Å². The molecular formula is C16H20O4S. The highest BCUT2D eigenvalue weighted by molar-refractivity contribution is 7.92. The molecule has 1 aromatic rings. The van der Waals surface area contributed by atoms with Crippen molar-refractivity contribution in [2.75, 3.05) is 5.75 Å². The third-order valence-electron chi connectivity index (χ3n) is 3.89. The van der Waals surface area contributed by atoms with Gasteiger partial charge < -0.3 is 0 Å². The zero-order chi connectivity index (χ0) is 15.3. The topological polar surface area (TPSA) is 68.3 Å². The molecule has 1 saturated carbocycles. The largest absolute Gasteiger partial charge is 0.299 e. The molecule has 0 aliphatic heterocycles. The molecule has 5 heteroatoms. The minimum Gasteiger partial charge on any atom is -0.299 e. The Hall–Kier alpha value is -1.49. The van der Waals surface area contributed by atoms with Crippen molar-refractivity contribution in [2.45, 2.75) is 43.4 Å². The molecule has 0 aromatic heterocycles. The predicted octanol–water partition coefficient (Wildman–Crippen LogP) is 2.57. The van der Waals surface area contributed by atoms with E-state index in [4.69, 9.17) is 0 Å². The molecule has 4 nitrogen and oxygen atoms in total. The molecule has 0 unspecified atom stereocenters. The molecule has 0 amide bonds. The van der Waals surface area contributed by atoms with Crippen molar-refractivity contribution in [3.05, 3.63) is 30.3 Å². The highest BCUT2D eigenvalue weighted by atomic mass is 32.2. The average molecular weight is 308 g/mol. The van der Waals surface area contributed by atoms with Gasteiger partial charge >= 0.3 is 0 Å². The normalized spacial score (nSPS) is 16.6. The van der Waals surface area contributed by atoms with Crippen LogP contribution in [0.2, 0.25) is 0 Å². The Morgan fingerprint density at radius 2 is 1.62 bits per heavy atom. The summed E-state index contributed by atoms with van der Waals surface area (Å²) >= 11 is 0. The van der Waals surface area contributed by atoms with E-state index in [1.165, 1.54) is 12.1 Å². The van der Waals surface area contributed by atoms with Gasteiger partial charge in [-0.3, -0.25) is 9.59 Å². The van der Waals surface area contributed by atoms with Crippen molar-refractivity contribution in [1.29, 1.82) is 0 Å². The minimum absolute atomic E-state index is 0.0536. The lowest BCUT2D eigenvalue weighted by Gasteiger charge is -2.19. The van der Waals surface area contributed by atoms with Gasteiger partial charge in [-0.1, -0.05) is 37.5 Å². The van der Waals surface area contributed by atoms with Crippen LogP contribution in [0.15, 0.2) is 35.2 Å². The van der Waals surface area contributed by atoms with E-state index >= 15 is 0 Å². The van der Waals surface area contributed by atoms with Crippen molar-refractivity contribution in [1.82, 2.24) is 0 Å². The summed E-state index contributed by atoms with van der Waals surface area (Å²) in [6.07, 6.45) is 4.59. The number of hydrogen-bond donors (Lipinski definition) is 0. The number of Topliss-reactive ketones (excluding diaryl/α,β-unsaturated/α-hetero) is 2. The molecule has 0 spiro atoms. The van der Waals surface area contributed by atoms with Crippen LogP contribution < -0.4 is 0 Å². The standard InChI is InChI=1S/C16H20O4S/c17-14(11-16(18)13-7-3-1-4-8-13)12-21(19,20)15-9-5-2-6-10-15/h2,5-6,9-10,13H,1,3-4,7-8,11-12H2. The first kappa shape index (κ1) is 15.9. The highest BCUT2D eigenvalue weighted by Gasteiger charge is 2.25. The highest BCUT2D eigenvalue weighted by Crippen LogP contribution is 2.25. The van der Waals surface area contributed by atoms with Crippen LogP contribution in [0.25, 0.3) is 0 Å². The fraction of sp³-hybridized carbons (Fsp3) is 0.500. The molecule has 0 radical (unpaired) electrons. The Morgan fingerprint density at radius 3 is 2.24 bits per heavy atom. The molecule has 0 saturated heterocycles. The summed E-state index contributed by atoms with van der Waals surface area (Å²) in [4.78, 5) is 24.0. The molecule has 114 valence electrons. The minimum atomic E-state index is -3.64. The van der Waals surface area contributed by atoms with Gasteiger partial charge in [-0.2, -0.15) is 0 Å². The molecule has 0 N–H and O–H groups in total. The average Bonchev–Trinajstić information content (AvgIpc) is 2.48. The van der Waals surface area contributed by atoms with E-state index in [1.54, 1.807) is 18.2 Å². The Bertz CT molecular complexity index is 598. The van der Waals surface area contributed by atoms with Gasteiger partial charge in [0.25, 0.3) is 0 Å². The summed E-state index contributed by atoms with van der Waals surface area (Å²) in [5, 5.41) is 0. The number of rotatable bonds is 6. The fourth-order valence-corrected chi connectivity index (χ4v) is 4.00. The number of benzene rings is 1. The number of ketones is 2. The summed E-state index contributed by atoms with van der Waals surface area (Å²) in [6, 6.07) is 7.87. The Balaban J connectivity index is 1.93. The van der Waals surface area contributed by atoms with E-state index in [0.29, 0.717) is 0 Å². The van der Waals surface area contributed by atoms with Crippen LogP contribution in [0.3, 0.4) is 0 Å². The lowest BCUT2D eigenvalue weighted by atomic mass is 9.85. The van der Waals surface area contributed by atoms with Crippen LogP contribution in [-0.4, -0.2) is 25.7 Å². The van der Waals surface area contributed by atoms with Gasteiger partial charge in [0.2, 0.25) is 0 Å². The second-order valence-electron chi connectivity index (χ2n) is 5.59. The molecule has 0 heterocycles. The predicted molar refractivity (Wildman–Crippen MR) is 79.7 cm³/mol. The first-order chi connectivity index (χ1) is 9.99. The molecule has 1 aliphatic carbocycles. The first-order valence-corrected chi connectivity index (χ1v) is 8.96. The molecule has 0 atom stereocenters. The smallest absolute Gasteiger partial charge is 0.185 e. The molecule has 21 heavy (non-hydrogen) atoms. The summed E-state index contributed by atoms with van der Waals surface area (Å²) in [6.45, 7) is 0. The Morgan fingerprint density at radius 1 is 1.00 bits per heavy atom. The van der Waals surface area contributed by atoms with E-state index in [1.807, 2.05) is 0 Å². The number of carbonyl (C=O) groups is 2. The van der Waals surface area contributed by atoms with E-state index in [2.05, 4.69) is 0 Å². The third kappa shape index (κ3) is 4.49. The molecule has 1 aliphatic rings. The van der Waals surface area contributed by atoms with Gasteiger partial charge in [-0.15, -0.1) is 0 Å². The van der Waals surface area contributed by atoms with Crippen LogP contribution in [0, 0.1) is 5.92 Å². The van der Waals surface area contributed by atoms with Crippen LogP contribution in [0.5, 0.6) is 0 Å². The number of sulfone groups is 1. The zero-order valence-electron chi connectivity index (χ0n) is 12.0. The molecule has 1 aromatic carbocycles. The van der Waals surface area contributed by atoms with E-state index in [-0.39, 0.29) is 23.0 Å². The summed E-state index contributed by atoms with van der Waals surface area (Å²) < 4.78 is 24.1. The Labute approximate surface area is 125 Å². The second-order valence-corrected chi connectivity index (χ2v) is 7.58. The lowest BCUT2D eigenvalue weighted by molar-refractivity contribution is -0.128. The van der Waals surface area contributed by atoms with Gasteiger partial charge in [0.1, 0.15) is 11.5 Å². The molecule has 1 fully saturated rings. The van der Waals surface area contributed by atoms with Crippen molar-refractivity contribution in [3.63, 3.8) is 0 Å². The van der Waals surface area contributed by atoms with Gasteiger partial charge in [0.15, 0.2) is 15.6 Å². The van der Waals surface area contributed by atoms with Crippen molar-refractivity contribution < 1.29 is 18.0 Å². The zero-order valence-corrected chi connectivity index (χ0v) is 12.8. The number of carbonyl (C=O) groups excluding carboxylic acids is 2. The van der Waals surface area contributed by atoms with Gasteiger partial charge in [0.05, 0.1) is 11.3 Å². The molecular weight excluding hydrogens is 288 g/mol. The van der Waals surface area contributed by atoms with Crippen molar-refractivity contribution in [3.8, 4) is 0 Å². The Kier molecular flexibility index (Phi) is 5.28. The van der Waals surface area contributed by atoms with Crippen LogP contribution in [-0.2, 0) is 19.4 Å². The summed E-state index contributed by atoms with van der Waals surface area (Å²) in [5.41, 5.74) is 0. The third-order valence-corrected chi connectivity index (χ3v) is 5.58. The van der Waals surface area contributed by atoms with Crippen molar-refractivity contribution >= 4 is 21.4 Å². The summed E-state index contributed by atoms with van der Waals surface area (Å²) in [5.74, 6) is -1.24. The van der Waals surface area contributed by atoms with E-state index < -0.39 is 21.4 Å². The van der Waals surface area contributed by atoms with Crippen LogP contribution in [0.4, 0.5) is 0 Å². The maximum absolute atomic E-state index is 12.1. The van der Waals surface area contributed by atoms with Crippen molar-refractivity contribution in [2.24, 2.45) is 5.92 Å².